The molecular formula is C36H29N. The highest BCUT2D eigenvalue weighted by Gasteiger charge is 2.37. The molecular weight excluding hydrogens is 446 g/mol. The molecule has 6 aromatic rings. The van der Waals surface area contributed by atoms with Crippen LogP contribution >= 0.6 is 0 Å². The predicted molar refractivity (Wildman–Crippen MR) is 159 cm³/mol. The molecule has 0 bridgehead atoms. The van der Waals surface area contributed by atoms with Crippen LogP contribution < -0.4 is 5.32 Å². The average molecular weight is 476 g/mol. The normalized spacial score (nSPS) is 13.6. The summed E-state index contributed by atoms with van der Waals surface area (Å²) in [6.45, 7) is 9.38. The molecule has 0 saturated carbocycles. The highest BCUT2D eigenvalue weighted by molar-refractivity contribution is 6.20. The summed E-state index contributed by atoms with van der Waals surface area (Å²) >= 11 is 0. The lowest BCUT2D eigenvalue weighted by molar-refractivity contribution is 0.661. The van der Waals surface area contributed by atoms with Gasteiger partial charge in [0, 0.05) is 12.0 Å². The lowest BCUT2D eigenvalue weighted by Gasteiger charge is -2.24. The van der Waals surface area contributed by atoms with Crippen molar-refractivity contribution in [1.29, 1.82) is 0 Å². The molecule has 0 saturated heterocycles. The van der Waals surface area contributed by atoms with Crippen molar-refractivity contribution < 1.29 is 0 Å². The van der Waals surface area contributed by atoms with E-state index in [0.29, 0.717) is 0 Å². The van der Waals surface area contributed by atoms with E-state index in [-0.39, 0.29) is 5.41 Å². The predicted octanol–water partition coefficient (Wildman–Crippen LogP) is 9.35. The molecule has 1 heteroatoms. The van der Waals surface area contributed by atoms with Crippen LogP contribution in [0.15, 0.2) is 116 Å². The molecule has 0 amide bonds. The molecule has 0 aromatic heterocycles. The molecule has 0 atom stereocenters. The van der Waals surface area contributed by atoms with E-state index >= 15 is 0 Å². The molecule has 0 unspecified atom stereocenters. The average Bonchev–Trinajstić information content (AvgIpc) is 3.17. The van der Waals surface area contributed by atoms with Gasteiger partial charge in [0.2, 0.25) is 0 Å². The summed E-state index contributed by atoms with van der Waals surface area (Å²) in [5, 5.41) is 11.2. The van der Waals surface area contributed by atoms with Gasteiger partial charge in [-0.3, -0.25) is 0 Å². The van der Waals surface area contributed by atoms with Crippen molar-refractivity contribution >= 4 is 32.3 Å². The van der Waals surface area contributed by atoms with Crippen LogP contribution in [0.2, 0.25) is 0 Å². The van der Waals surface area contributed by atoms with Crippen molar-refractivity contribution in [2.45, 2.75) is 25.8 Å². The van der Waals surface area contributed by atoms with Crippen LogP contribution in [0.5, 0.6) is 0 Å². The maximum absolute atomic E-state index is 3.89. The fourth-order valence-electron chi connectivity index (χ4n) is 6.63. The van der Waals surface area contributed by atoms with Gasteiger partial charge in [-0.25, -0.2) is 0 Å². The fourth-order valence-corrected chi connectivity index (χ4v) is 6.63. The number of hydrogen-bond donors (Lipinski definition) is 1. The van der Waals surface area contributed by atoms with Crippen molar-refractivity contribution in [2.24, 2.45) is 0 Å². The summed E-state index contributed by atoms with van der Waals surface area (Å²) in [4.78, 5) is 0. The SMILES string of the molecule is C=CNCc1c2ccccc2c(-c2cc3c(c4ccccc24)-c2ccccc2C3(C)C)c2ccccc12. The van der Waals surface area contributed by atoms with E-state index in [1.165, 1.54) is 71.3 Å². The molecule has 37 heavy (non-hydrogen) atoms. The molecule has 6 aromatic carbocycles. The maximum Gasteiger partial charge on any atom is 0.0407 e. The van der Waals surface area contributed by atoms with Gasteiger partial charge in [0.15, 0.2) is 0 Å². The van der Waals surface area contributed by atoms with Gasteiger partial charge in [0.25, 0.3) is 0 Å². The molecule has 1 nitrogen and oxygen atoms in total. The van der Waals surface area contributed by atoms with E-state index in [2.05, 4.69) is 129 Å². The van der Waals surface area contributed by atoms with Crippen molar-refractivity contribution in [3.05, 3.63) is 133 Å². The second kappa shape index (κ2) is 8.08. The van der Waals surface area contributed by atoms with Crippen LogP contribution in [0.4, 0.5) is 0 Å². The Morgan fingerprint density at radius 3 is 1.73 bits per heavy atom. The molecule has 0 heterocycles. The first-order valence-electron chi connectivity index (χ1n) is 13.0. The summed E-state index contributed by atoms with van der Waals surface area (Å²) in [7, 11) is 0. The number of fused-ring (bicyclic) bond motifs is 7. The minimum absolute atomic E-state index is 0.0653. The fraction of sp³-hybridized carbons (Fsp3) is 0.111. The number of hydrogen-bond acceptors (Lipinski definition) is 1. The first-order valence-corrected chi connectivity index (χ1v) is 13.0. The number of rotatable bonds is 4. The van der Waals surface area contributed by atoms with Crippen LogP contribution in [0.25, 0.3) is 54.6 Å². The van der Waals surface area contributed by atoms with Gasteiger partial charge in [-0.1, -0.05) is 117 Å². The molecule has 0 radical (unpaired) electrons. The van der Waals surface area contributed by atoms with E-state index in [1.807, 2.05) is 0 Å². The van der Waals surface area contributed by atoms with Gasteiger partial charge in [-0.2, -0.15) is 0 Å². The molecule has 0 spiro atoms. The first kappa shape index (κ1) is 21.9. The second-order valence-electron chi connectivity index (χ2n) is 10.6. The van der Waals surface area contributed by atoms with Gasteiger partial charge >= 0.3 is 0 Å². The molecule has 178 valence electrons. The van der Waals surface area contributed by atoms with Crippen LogP contribution in [-0.2, 0) is 12.0 Å². The van der Waals surface area contributed by atoms with Crippen LogP contribution in [0.1, 0.15) is 30.5 Å². The third-order valence-corrected chi connectivity index (χ3v) is 8.32. The highest BCUT2D eigenvalue weighted by atomic mass is 14.8. The summed E-state index contributed by atoms with van der Waals surface area (Å²) in [5.74, 6) is 0. The lowest BCUT2D eigenvalue weighted by atomic mass is 9.79. The Balaban J connectivity index is 1.66. The molecule has 0 fully saturated rings. The monoisotopic (exact) mass is 475 g/mol. The standard InChI is InChI=1S/C36H29N/c1-4-37-22-31-24-14-6-8-16-26(24)34(27-17-9-7-15-25(27)31)30-21-33-35(28-18-10-5-13-23(28)30)29-19-11-12-20-32(29)36(33,2)3/h4-21,37H,1,22H2,2-3H3. The zero-order chi connectivity index (χ0) is 25.1. The summed E-state index contributed by atoms with van der Waals surface area (Å²) in [6, 6.07) is 38.1. The Morgan fingerprint density at radius 2 is 1.11 bits per heavy atom. The van der Waals surface area contributed by atoms with Crippen LogP contribution in [0, 0.1) is 0 Å². The molecule has 1 N–H and O–H groups in total. The Hall–Kier alpha value is -4.36. The van der Waals surface area contributed by atoms with Crippen LogP contribution in [0.3, 0.4) is 0 Å². The second-order valence-corrected chi connectivity index (χ2v) is 10.6. The third kappa shape index (κ3) is 3.04. The minimum Gasteiger partial charge on any atom is -0.387 e. The number of nitrogens with one attached hydrogen (secondary N) is 1. The molecule has 0 aliphatic heterocycles. The van der Waals surface area contributed by atoms with Crippen molar-refractivity contribution in [2.75, 3.05) is 0 Å². The zero-order valence-electron chi connectivity index (χ0n) is 21.3. The zero-order valence-corrected chi connectivity index (χ0v) is 21.3. The highest BCUT2D eigenvalue weighted by Crippen LogP contribution is 2.54. The third-order valence-electron chi connectivity index (χ3n) is 8.32. The van der Waals surface area contributed by atoms with Crippen LogP contribution in [-0.4, -0.2) is 0 Å². The summed E-state index contributed by atoms with van der Waals surface area (Å²) in [5.41, 5.74) is 9.45. The van der Waals surface area contributed by atoms with E-state index in [0.717, 1.165) is 6.54 Å². The lowest BCUT2D eigenvalue weighted by Crippen LogP contribution is -2.15. The Bertz CT molecular complexity index is 1820. The van der Waals surface area contributed by atoms with E-state index in [4.69, 9.17) is 0 Å². The maximum atomic E-state index is 3.89. The molecule has 7 rings (SSSR count). The smallest absolute Gasteiger partial charge is 0.0407 e. The van der Waals surface area contributed by atoms with E-state index in [9.17, 15) is 0 Å². The number of benzene rings is 6. The van der Waals surface area contributed by atoms with Gasteiger partial charge in [-0.15, -0.1) is 0 Å². The molecule has 1 aliphatic rings. The topological polar surface area (TPSA) is 12.0 Å². The van der Waals surface area contributed by atoms with Crippen molar-refractivity contribution in [3.8, 4) is 22.3 Å². The van der Waals surface area contributed by atoms with E-state index < -0.39 is 0 Å². The summed E-state index contributed by atoms with van der Waals surface area (Å²) < 4.78 is 0. The quantitative estimate of drug-likeness (QED) is 0.250. The summed E-state index contributed by atoms with van der Waals surface area (Å²) in [6.07, 6.45) is 1.78. The van der Waals surface area contributed by atoms with E-state index in [1.54, 1.807) is 6.20 Å². The largest absolute Gasteiger partial charge is 0.387 e. The molecule has 1 aliphatic carbocycles. The van der Waals surface area contributed by atoms with Gasteiger partial charge in [-0.05, 0) is 83.5 Å². The van der Waals surface area contributed by atoms with Gasteiger partial charge in [0.1, 0.15) is 0 Å². The van der Waals surface area contributed by atoms with Crippen molar-refractivity contribution in [3.63, 3.8) is 0 Å². The Labute approximate surface area is 218 Å². The van der Waals surface area contributed by atoms with Gasteiger partial charge in [0.05, 0.1) is 0 Å². The first-order chi connectivity index (χ1) is 18.1. The van der Waals surface area contributed by atoms with Crippen molar-refractivity contribution in [1.82, 2.24) is 5.32 Å². The minimum atomic E-state index is -0.0653. The van der Waals surface area contributed by atoms with Gasteiger partial charge < -0.3 is 5.32 Å². The Morgan fingerprint density at radius 1 is 0.595 bits per heavy atom. The Kier molecular flexibility index (Phi) is 4.78.